The van der Waals surface area contributed by atoms with E-state index in [1.807, 2.05) is 6.92 Å². The molecule has 106 valence electrons. The summed E-state index contributed by atoms with van der Waals surface area (Å²) in [4.78, 5) is 8.77. The summed E-state index contributed by atoms with van der Waals surface area (Å²) in [6.45, 7) is 3.81. The number of benzene rings is 1. The Morgan fingerprint density at radius 2 is 1.95 bits per heavy atom. The van der Waals surface area contributed by atoms with Gasteiger partial charge in [-0.25, -0.2) is 18.7 Å². The quantitative estimate of drug-likeness (QED) is 0.925. The molecule has 0 saturated carbocycles. The lowest BCUT2D eigenvalue weighted by Crippen LogP contribution is -2.06. The van der Waals surface area contributed by atoms with Crippen LogP contribution in [0.3, 0.4) is 0 Å². The molecule has 5 heteroatoms. The maximum absolute atomic E-state index is 14.0. The third-order valence-electron chi connectivity index (χ3n) is 3.11. The van der Waals surface area contributed by atoms with Crippen LogP contribution in [0.4, 0.5) is 14.6 Å². The fraction of sp³-hybridized carbons (Fsp3) is 0.333. The number of nitrogens with one attached hydrogen (secondary N) is 1. The molecule has 1 N–H and O–H groups in total. The zero-order chi connectivity index (χ0) is 14.7. The number of anilines is 1. The van der Waals surface area contributed by atoms with Crippen LogP contribution in [0.1, 0.15) is 24.7 Å². The number of aryl methyl sites for hydroxylation is 1. The molecule has 0 aliphatic rings. The number of rotatable bonds is 4. The van der Waals surface area contributed by atoms with Crippen molar-refractivity contribution in [3.05, 3.63) is 41.2 Å². The van der Waals surface area contributed by atoms with Crippen molar-refractivity contribution in [3.63, 3.8) is 0 Å². The lowest BCUT2D eigenvalue weighted by molar-refractivity contribution is 0.511. The highest BCUT2D eigenvalue weighted by atomic mass is 19.2. The van der Waals surface area contributed by atoms with Crippen molar-refractivity contribution in [2.75, 3.05) is 12.4 Å². The van der Waals surface area contributed by atoms with Crippen LogP contribution in [0.2, 0.25) is 0 Å². The van der Waals surface area contributed by atoms with Crippen molar-refractivity contribution in [3.8, 4) is 11.3 Å². The van der Waals surface area contributed by atoms with Crippen LogP contribution in [-0.4, -0.2) is 17.0 Å². The third kappa shape index (κ3) is 2.61. The van der Waals surface area contributed by atoms with Gasteiger partial charge in [-0.3, -0.25) is 0 Å². The summed E-state index contributed by atoms with van der Waals surface area (Å²) in [6.07, 6.45) is 1.58. The van der Waals surface area contributed by atoms with Crippen molar-refractivity contribution in [1.29, 1.82) is 0 Å². The van der Waals surface area contributed by atoms with Gasteiger partial charge in [0.15, 0.2) is 11.6 Å². The molecule has 0 spiro atoms. The number of aromatic nitrogens is 2. The van der Waals surface area contributed by atoms with Gasteiger partial charge in [-0.1, -0.05) is 13.0 Å². The Labute approximate surface area is 117 Å². The second-order valence-electron chi connectivity index (χ2n) is 4.56. The van der Waals surface area contributed by atoms with Crippen molar-refractivity contribution in [1.82, 2.24) is 9.97 Å². The Morgan fingerprint density at radius 3 is 2.60 bits per heavy atom. The van der Waals surface area contributed by atoms with E-state index in [0.29, 0.717) is 29.3 Å². The SMILES string of the molecule is CCCc1nc(NC)c(C)c(-c2cccc(F)c2F)n1. The van der Waals surface area contributed by atoms with Gasteiger partial charge in [0.2, 0.25) is 0 Å². The molecule has 20 heavy (non-hydrogen) atoms. The van der Waals surface area contributed by atoms with E-state index < -0.39 is 11.6 Å². The predicted octanol–water partition coefficient (Wildman–Crippen LogP) is 3.72. The van der Waals surface area contributed by atoms with E-state index in [9.17, 15) is 8.78 Å². The minimum Gasteiger partial charge on any atom is -0.373 e. The molecule has 0 amide bonds. The zero-order valence-corrected chi connectivity index (χ0v) is 11.8. The molecule has 0 saturated heterocycles. The Balaban J connectivity index is 2.65. The molecular formula is C15H17F2N3. The van der Waals surface area contributed by atoms with Crippen LogP contribution in [0, 0.1) is 18.6 Å². The van der Waals surface area contributed by atoms with Crippen molar-refractivity contribution in [2.24, 2.45) is 0 Å². The Kier molecular flexibility index (Phi) is 4.27. The van der Waals surface area contributed by atoms with E-state index in [2.05, 4.69) is 15.3 Å². The van der Waals surface area contributed by atoms with Gasteiger partial charge in [0.25, 0.3) is 0 Å². The first-order valence-corrected chi connectivity index (χ1v) is 6.58. The molecule has 3 nitrogen and oxygen atoms in total. The smallest absolute Gasteiger partial charge is 0.168 e. The molecule has 1 aromatic heterocycles. The second kappa shape index (κ2) is 5.94. The Bertz CT molecular complexity index is 627. The average molecular weight is 277 g/mol. The fourth-order valence-electron chi connectivity index (χ4n) is 2.09. The summed E-state index contributed by atoms with van der Waals surface area (Å²) in [6, 6.07) is 4.11. The summed E-state index contributed by atoms with van der Waals surface area (Å²) in [7, 11) is 1.75. The van der Waals surface area contributed by atoms with Gasteiger partial charge in [-0.15, -0.1) is 0 Å². The highest BCUT2D eigenvalue weighted by Crippen LogP contribution is 2.29. The van der Waals surface area contributed by atoms with E-state index in [1.165, 1.54) is 12.1 Å². The van der Waals surface area contributed by atoms with Gasteiger partial charge in [0.1, 0.15) is 11.6 Å². The van der Waals surface area contributed by atoms with E-state index >= 15 is 0 Å². The predicted molar refractivity (Wildman–Crippen MR) is 75.7 cm³/mol. The van der Waals surface area contributed by atoms with Gasteiger partial charge in [0.05, 0.1) is 5.69 Å². The summed E-state index contributed by atoms with van der Waals surface area (Å²) in [5, 5.41) is 2.97. The van der Waals surface area contributed by atoms with E-state index in [0.717, 1.165) is 12.5 Å². The number of hydrogen-bond donors (Lipinski definition) is 1. The zero-order valence-electron chi connectivity index (χ0n) is 11.8. The molecule has 0 radical (unpaired) electrons. The first kappa shape index (κ1) is 14.4. The molecule has 2 aromatic rings. The molecular weight excluding hydrogens is 260 g/mol. The van der Waals surface area contributed by atoms with Crippen LogP contribution >= 0.6 is 0 Å². The molecule has 1 heterocycles. The standard InChI is InChI=1S/C15H17F2N3/c1-4-6-12-19-14(9(2)15(18-3)20-12)10-7-5-8-11(16)13(10)17/h5,7-8H,4,6H2,1-3H3,(H,18,19,20). The van der Waals surface area contributed by atoms with Crippen LogP contribution in [0.5, 0.6) is 0 Å². The molecule has 0 fully saturated rings. The Hall–Kier alpha value is -2.04. The minimum absolute atomic E-state index is 0.166. The largest absolute Gasteiger partial charge is 0.373 e. The van der Waals surface area contributed by atoms with Crippen molar-refractivity contribution < 1.29 is 8.78 Å². The topological polar surface area (TPSA) is 37.8 Å². The third-order valence-corrected chi connectivity index (χ3v) is 3.11. The number of nitrogens with zero attached hydrogens (tertiary/aromatic N) is 2. The first-order valence-electron chi connectivity index (χ1n) is 6.58. The summed E-state index contributed by atoms with van der Waals surface area (Å²) in [5.74, 6) is -0.481. The van der Waals surface area contributed by atoms with Crippen LogP contribution in [0.15, 0.2) is 18.2 Å². The van der Waals surface area contributed by atoms with Crippen LogP contribution in [-0.2, 0) is 6.42 Å². The van der Waals surface area contributed by atoms with E-state index in [-0.39, 0.29) is 5.56 Å². The monoisotopic (exact) mass is 277 g/mol. The summed E-state index contributed by atoms with van der Waals surface area (Å²) >= 11 is 0. The average Bonchev–Trinajstić information content (AvgIpc) is 2.44. The minimum atomic E-state index is -0.876. The summed E-state index contributed by atoms with van der Waals surface area (Å²) < 4.78 is 27.4. The maximum atomic E-state index is 14.0. The highest BCUT2D eigenvalue weighted by molar-refractivity contribution is 5.68. The maximum Gasteiger partial charge on any atom is 0.168 e. The van der Waals surface area contributed by atoms with Gasteiger partial charge in [-0.2, -0.15) is 0 Å². The lowest BCUT2D eigenvalue weighted by atomic mass is 10.1. The normalized spacial score (nSPS) is 10.7. The van der Waals surface area contributed by atoms with E-state index in [4.69, 9.17) is 0 Å². The Morgan fingerprint density at radius 1 is 1.20 bits per heavy atom. The molecule has 0 atom stereocenters. The fourth-order valence-corrected chi connectivity index (χ4v) is 2.09. The van der Waals surface area contributed by atoms with Crippen LogP contribution in [0.25, 0.3) is 11.3 Å². The molecule has 1 aromatic carbocycles. The summed E-state index contributed by atoms with van der Waals surface area (Å²) in [5.41, 5.74) is 1.31. The van der Waals surface area contributed by atoms with Crippen molar-refractivity contribution >= 4 is 5.82 Å². The lowest BCUT2D eigenvalue weighted by Gasteiger charge is -2.13. The van der Waals surface area contributed by atoms with Gasteiger partial charge in [-0.05, 0) is 25.5 Å². The van der Waals surface area contributed by atoms with Gasteiger partial charge >= 0.3 is 0 Å². The molecule has 0 unspecified atom stereocenters. The second-order valence-corrected chi connectivity index (χ2v) is 4.56. The highest BCUT2D eigenvalue weighted by Gasteiger charge is 2.16. The number of hydrogen-bond acceptors (Lipinski definition) is 3. The molecule has 0 aliphatic heterocycles. The van der Waals surface area contributed by atoms with Crippen LogP contribution < -0.4 is 5.32 Å². The van der Waals surface area contributed by atoms with Gasteiger partial charge < -0.3 is 5.32 Å². The van der Waals surface area contributed by atoms with Crippen molar-refractivity contribution in [2.45, 2.75) is 26.7 Å². The molecule has 0 bridgehead atoms. The molecule has 0 aliphatic carbocycles. The van der Waals surface area contributed by atoms with Gasteiger partial charge in [0, 0.05) is 24.6 Å². The molecule has 2 rings (SSSR count). The first-order chi connectivity index (χ1) is 9.58. The number of halogens is 2. The van der Waals surface area contributed by atoms with E-state index in [1.54, 1.807) is 14.0 Å².